The molecule has 0 saturated heterocycles. The van der Waals surface area contributed by atoms with E-state index < -0.39 is 16.2 Å². The number of anilines is 1. The third-order valence-electron chi connectivity index (χ3n) is 14.2. The third-order valence-corrected chi connectivity index (χ3v) is 14.2. The van der Waals surface area contributed by atoms with Gasteiger partial charge in [0.05, 0.1) is 37.4 Å². The Kier molecular flexibility index (Phi) is 25.7. The van der Waals surface area contributed by atoms with Gasteiger partial charge >= 0.3 is 0 Å². The number of para-hydroxylation sites is 1. The Morgan fingerprint density at radius 2 is 0.667 bits per heavy atom. The van der Waals surface area contributed by atoms with Crippen LogP contribution in [0.1, 0.15) is 147 Å². The van der Waals surface area contributed by atoms with E-state index in [-0.39, 0.29) is 72.8 Å². The van der Waals surface area contributed by atoms with E-state index in [9.17, 15) is 28.8 Å². The molecule has 0 aliphatic heterocycles. The normalized spacial score (nSPS) is 12.3. The van der Waals surface area contributed by atoms with E-state index in [0.717, 1.165) is 53.6 Å². The number of nitrogens with one attached hydrogen (secondary N) is 6. The van der Waals surface area contributed by atoms with Crippen LogP contribution in [0.15, 0.2) is 182 Å². The minimum Gasteiger partial charge on any atom is -0.356 e. The van der Waals surface area contributed by atoms with Gasteiger partial charge in [-0.3, -0.25) is 28.8 Å². The Bertz CT molecular complexity index is 2740. The second kappa shape index (κ2) is 32.0. The molecule has 0 aliphatic carbocycles. The fourth-order valence-corrected chi connectivity index (χ4v) is 7.58. The molecule has 0 spiro atoms. The molecule has 6 aromatic carbocycles. The molecule has 414 valence electrons. The highest BCUT2D eigenvalue weighted by Gasteiger charge is 2.31. The molecule has 0 heterocycles. The fourth-order valence-electron chi connectivity index (χ4n) is 7.58. The minimum atomic E-state index is -0.469. The van der Waals surface area contributed by atoms with Crippen LogP contribution in [0.4, 0.5) is 5.69 Å². The molecule has 12 nitrogen and oxygen atoms in total. The van der Waals surface area contributed by atoms with Gasteiger partial charge in [-0.15, -0.1) is 0 Å². The van der Waals surface area contributed by atoms with Crippen molar-refractivity contribution in [1.29, 1.82) is 0 Å². The highest BCUT2D eigenvalue weighted by atomic mass is 16.2. The van der Waals surface area contributed by atoms with Gasteiger partial charge in [-0.05, 0) is 65.6 Å². The van der Waals surface area contributed by atoms with Crippen LogP contribution in [0.3, 0.4) is 0 Å². The molecular weight excluding hydrogens is 973 g/mol. The number of hydrogen-bond acceptors (Lipinski definition) is 6. The zero-order valence-electron chi connectivity index (χ0n) is 47.4. The largest absolute Gasteiger partial charge is 0.356 e. The van der Waals surface area contributed by atoms with Gasteiger partial charge in [-0.25, -0.2) is 0 Å². The molecule has 0 unspecified atom stereocenters. The first-order chi connectivity index (χ1) is 37.3. The molecule has 6 N–H and O–H groups in total. The van der Waals surface area contributed by atoms with E-state index in [4.69, 9.17) is 0 Å². The molecule has 6 amide bonds. The van der Waals surface area contributed by atoms with E-state index in [1.165, 1.54) is 5.56 Å². The number of carbonyl (C=O) groups excluding carboxylic acids is 6. The van der Waals surface area contributed by atoms with Crippen LogP contribution in [0.2, 0.25) is 0 Å². The molecule has 6 rings (SSSR count). The predicted octanol–water partition coefficient (Wildman–Crippen LogP) is 12.3. The van der Waals surface area contributed by atoms with Gasteiger partial charge in [-0.1, -0.05) is 232 Å². The van der Waals surface area contributed by atoms with Crippen molar-refractivity contribution < 1.29 is 28.8 Å². The Morgan fingerprint density at radius 1 is 0.372 bits per heavy atom. The monoisotopic (exact) mass is 1060 g/mol. The molecule has 12 heteroatoms. The molecule has 0 radical (unpaired) electrons. The average Bonchev–Trinajstić information content (AvgIpc) is 3.46. The Hall–Kier alpha value is -7.86. The molecule has 0 aliphatic rings. The van der Waals surface area contributed by atoms with Gasteiger partial charge in [0.1, 0.15) is 0 Å². The lowest BCUT2D eigenvalue weighted by Gasteiger charge is -2.26. The van der Waals surface area contributed by atoms with Crippen molar-refractivity contribution in [3.8, 4) is 0 Å². The summed E-state index contributed by atoms with van der Waals surface area (Å²) < 4.78 is 0. The van der Waals surface area contributed by atoms with Crippen molar-refractivity contribution in [3.63, 3.8) is 0 Å². The minimum absolute atomic E-state index is 0.0315. The fraction of sp³-hybridized carbons (Fsp3) is 0.364. The quantitative estimate of drug-likeness (QED) is 0.0352. The Morgan fingerprint density at radius 3 is 1.01 bits per heavy atom. The average molecular weight is 1060 g/mol. The molecule has 0 fully saturated rings. The summed E-state index contributed by atoms with van der Waals surface area (Å²) in [7, 11) is 0. The molecule has 78 heavy (non-hydrogen) atoms. The highest BCUT2D eigenvalue weighted by Crippen LogP contribution is 2.27. The highest BCUT2D eigenvalue weighted by molar-refractivity contribution is 5.92. The van der Waals surface area contributed by atoms with Crippen molar-refractivity contribution in [2.75, 3.05) is 11.9 Å². The van der Waals surface area contributed by atoms with Gasteiger partial charge in [0.25, 0.3) is 0 Å². The summed E-state index contributed by atoms with van der Waals surface area (Å²) in [6.45, 7) is 18.5. The predicted molar refractivity (Wildman–Crippen MR) is 315 cm³/mol. The summed E-state index contributed by atoms with van der Waals surface area (Å²) in [6.07, 6.45) is 3.62. The SMILES string of the molecule is CCC(C)(C)C(=O)N[C@@H](CC(=O)NCCc1ccccc1)c1ccccc1.CCC(C)(C)C(=O)N[C@@H](CC(=O)NCc1ccccc1)c1ccccc1.CCC(C)(C)C(=O)N[C@@H](CC(=O)Nc1ccccc1)c1ccccc1. The Labute approximate surface area is 464 Å². The number of carbonyl (C=O) groups is 6. The zero-order chi connectivity index (χ0) is 57.0. The van der Waals surface area contributed by atoms with Crippen molar-refractivity contribution in [2.24, 2.45) is 16.2 Å². The van der Waals surface area contributed by atoms with Crippen LogP contribution in [0.25, 0.3) is 0 Å². The van der Waals surface area contributed by atoms with E-state index >= 15 is 0 Å². The van der Waals surface area contributed by atoms with Gasteiger partial charge in [0.15, 0.2) is 0 Å². The first-order valence-corrected chi connectivity index (χ1v) is 27.3. The van der Waals surface area contributed by atoms with Crippen LogP contribution in [0, 0.1) is 16.2 Å². The number of amides is 6. The number of rotatable bonds is 24. The number of benzene rings is 6. The lowest BCUT2D eigenvalue weighted by molar-refractivity contribution is -0.132. The van der Waals surface area contributed by atoms with Gasteiger partial charge in [-0.2, -0.15) is 0 Å². The second-order valence-electron chi connectivity index (χ2n) is 21.4. The van der Waals surface area contributed by atoms with Crippen LogP contribution in [0.5, 0.6) is 0 Å². The summed E-state index contributed by atoms with van der Waals surface area (Å²) >= 11 is 0. The molecule has 3 atom stereocenters. The van der Waals surface area contributed by atoms with Crippen molar-refractivity contribution in [1.82, 2.24) is 26.6 Å². The maximum Gasteiger partial charge on any atom is 0.226 e. The lowest BCUT2D eigenvalue weighted by atomic mass is 9.88. The summed E-state index contributed by atoms with van der Waals surface area (Å²) in [5, 5.41) is 17.9. The van der Waals surface area contributed by atoms with E-state index in [2.05, 4.69) is 31.9 Å². The first kappa shape index (κ1) is 62.7. The molecule has 0 bridgehead atoms. The second-order valence-corrected chi connectivity index (χ2v) is 21.4. The van der Waals surface area contributed by atoms with Crippen LogP contribution in [-0.4, -0.2) is 42.0 Å². The first-order valence-electron chi connectivity index (χ1n) is 27.3. The lowest BCUT2D eigenvalue weighted by Crippen LogP contribution is -2.40. The summed E-state index contributed by atoms with van der Waals surface area (Å²) in [4.78, 5) is 75.1. The van der Waals surface area contributed by atoms with Gasteiger partial charge < -0.3 is 31.9 Å². The standard InChI is InChI=1S/C23H30N2O2.C22H28N2O2.C21H26N2O2/c1-4-23(2,3)22(27)25-20(19-13-9-6-10-14-19)17-21(26)24-16-15-18-11-7-5-8-12-18;1-4-22(2,3)21(26)24-19(18-13-9-6-10-14-18)15-20(25)23-16-17-11-7-5-8-12-17;1-4-21(2,3)20(25)23-18(16-11-7-5-8-12-16)15-19(24)22-17-13-9-6-10-14-17/h5-14,20H,4,15-17H2,1-3H3,(H,24,26)(H,25,27);5-14,19H,4,15-16H2,1-3H3,(H,23,25)(H,24,26);5-14,18H,4,15H2,1-3H3,(H,22,24)(H,23,25)/t20-;19-;18-/m000/s1. The maximum absolute atomic E-state index is 12.6. The molecule has 0 aromatic heterocycles. The van der Waals surface area contributed by atoms with Gasteiger partial charge in [0.2, 0.25) is 35.4 Å². The maximum atomic E-state index is 12.6. The van der Waals surface area contributed by atoms with Crippen LogP contribution >= 0.6 is 0 Å². The molecule has 6 aromatic rings. The molecule has 0 saturated carbocycles. The van der Waals surface area contributed by atoms with Crippen LogP contribution < -0.4 is 31.9 Å². The van der Waals surface area contributed by atoms with Crippen molar-refractivity contribution in [2.45, 2.75) is 132 Å². The smallest absolute Gasteiger partial charge is 0.226 e. The van der Waals surface area contributed by atoms with Crippen LogP contribution in [-0.2, 0) is 41.7 Å². The summed E-state index contributed by atoms with van der Waals surface area (Å²) in [6, 6.07) is 57.0. The van der Waals surface area contributed by atoms with Crippen molar-refractivity contribution >= 4 is 41.1 Å². The summed E-state index contributed by atoms with van der Waals surface area (Å²) in [5.74, 6) is -0.390. The Balaban J connectivity index is 0.000000253. The van der Waals surface area contributed by atoms with E-state index in [1.54, 1.807) is 0 Å². The van der Waals surface area contributed by atoms with Crippen molar-refractivity contribution in [3.05, 3.63) is 210 Å². The summed E-state index contributed by atoms with van der Waals surface area (Å²) in [5.41, 5.74) is 4.39. The topological polar surface area (TPSA) is 175 Å². The van der Waals surface area contributed by atoms with Gasteiger partial charge in [0, 0.05) is 35.0 Å². The van der Waals surface area contributed by atoms with E-state index in [1.807, 2.05) is 244 Å². The zero-order valence-corrected chi connectivity index (χ0v) is 47.4. The molecular formula is C66H84N6O6. The third kappa shape index (κ3) is 22.0. The van der Waals surface area contributed by atoms with E-state index in [0.29, 0.717) is 13.1 Å². The number of hydrogen-bond donors (Lipinski definition) is 6.